The Morgan fingerprint density at radius 3 is 2.11 bits per heavy atom. The Balaban J connectivity index is 2.03. The molecule has 2 aromatic carbocycles. The van der Waals surface area contributed by atoms with Crippen LogP contribution >= 0.6 is 0 Å². The van der Waals surface area contributed by atoms with Crippen LogP contribution in [0.15, 0.2) is 54.6 Å². The molecule has 0 aliphatic rings. The number of benzene rings is 2. The summed E-state index contributed by atoms with van der Waals surface area (Å²) in [4.78, 5) is 0. The molecule has 0 aliphatic carbocycles. The fraction of sp³-hybridized carbons (Fsp3) is 0.250. The van der Waals surface area contributed by atoms with Gasteiger partial charge in [0, 0.05) is 5.69 Å². The van der Waals surface area contributed by atoms with Crippen molar-refractivity contribution in [2.45, 2.75) is 19.4 Å². The predicted octanol–water partition coefficient (Wildman–Crippen LogP) is 3.66. The summed E-state index contributed by atoms with van der Waals surface area (Å²) in [5, 5.41) is 12.5. The van der Waals surface area contributed by atoms with E-state index in [-0.39, 0.29) is 12.1 Å². The van der Waals surface area contributed by atoms with Gasteiger partial charge in [-0.05, 0) is 50.2 Å². The second-order valence-electron chi connectivity index (χ2n) is 5.11. The van der Waals surface area contributed by atoms with Crippen LogP contribution in [-0.4, -0.2) is 17.3 Å². The van der Waals surface area contributed by atoms with Gasteiger partial charge in [0.05, 0.1) is 12.1 Å². The van der Waals surface area contributed by atoms with Gasteiger partial charge >= 0.3 is 0 Å². The van der Waals surface area contributed by atoms with E-state index in [1.165, 1.54) is 0 Å². The minimum atomic E-state index is -0.332. The first-order valence-corrected chi connectivity index (χ1v) is 6.31. The van der Waals surface area contributed by atoms with Gasteiger partial charge in [-0.25, -0.2) is 0 Å². The fourth-order valence-corrected chi connectivity index (χ4v) is 1.66. The van der Waals surface area contributed by atoms with Gasteiger partial charge in [0.25, 0.3) is 0 Å². The van der Waals surface area contributed by atoms with Gasteiger partial charge in [0.2, 0.25) is 0 Å². The maximum atomic E-state index is 9.22. The van der Waals surface area contributed by atoms with Gasteiger partial charge < -0.3 is 15.2 Å². The Hall–Kier alpha value is -2.00. The van der Waals surface area contributed by atoms with E-state index in [1.807, 2.05) is 68.4 Å². The van der Waals surface area contributed by atoms with Crippen molar-refractivity contribution in [2.75, 3.05) is 11.9 Å². The average molecular weight is 257 g/mol. The van der Waals surface area contributed by atoms with Crippen molar-refractivity contribution >= 4 is 5.69 Å². The summed E-state index contributed by atoms with van der Waals surface area (Å²) in [6, 6.07) is 17.4. The zero-order valence-corrected chi connectivity index (χ0v) is 11.3. The molecule has 2 aromatic rings. The van der Waals surface area contributed by atoms with E-state index < -0.39 is 0 Å². The molecule has 0 aliphatic heterocycles. The Morgan fingerprint density at radius 2 is 1.53 bits per heavy atom. The summed E-state index contributed by atoms with van der Waals surface area (Å²) in [7, 11) is 0. The SMILES string of the molecule is CC(C)(CO)Nc1ccc(Oc2ccccc2)cc1. The number of hydrogen-bond donors (Lipinski definition) is 2. The maximum Gasteiger partial charge on any atom is 0.127 e. The lowest BCUT2D eigenvalue weighted by Crippen LogP contribution is -2.34. The highest BCUT2D eigenvalue weighted by molar-refractivity contribution is 5.48. The summed E-state index contributed by atoms with van der Waals surface area (Å²) in [5.41, 5.74) is 0.626. The van der Waals surface area contributed by atoms with Gasteiger partial charge in [-0.15, -0.1) is 0 Å². The molecule has 0 bridgehead atoms. The van der Waals surface area contributed by atoms with Crippen LogP contribution in [-0.2, 0) is 0 Å². The Kier molecular flexibility index (Phi) is 4.07. The Morgan fingerprint density at radius 1 is 0.947 bits per heavy atom. The van der Waals surface area contributed by atoms with Crippen molar-refractivity contribution < 1.29 is 9.84 Å². The second kappa shape index (κ2) is 5.76. The van der Waals surface area contributed by atoms with Gasteiger partial charge in [0.15, 0.2) is 0 Å². The van der Waals surface area contributed by atoms with Crippen molar-refractivity contribution in [3.05, 3.63) is 54.6 Å². The first kappa shape index (κ1) is 13.4. The predicted molar refractivity (Wildman–Crippen MR) is 77.7 cm³/mol. The zero-order chi connectivity index (χ0) is 13.7. The standard InChI is InChI=1S/C16H19NO2/c1-16(2,12-18)17-13-8-10-15(11-9-13)19-14-6-4-3-5-7-14/h3-11,17-18H,12H2,1-2H3. The quantitative estimate of drug-likeness (QED) is 0.859. The number of aliphatic hydroxyl groups is 1. The van der Waals surface area contributed by atoms with E-state index in [0.717, 1.165) is 17.2 Å². The molecular weight excluding hydrogens is 238 g/mol. The fourth-order valence-electron chi connectivity index (χ4n) is 1.66. The monoisotopic (exact) mass is 257 g/mol. The normalized spacial score (nSPS) is 11.1. The molecule has 0 saturated heterocycles. The summed E-state index contributed by atoms with van der Waals surface area (Å²) in [6.07, 6.45) is 0. The molecule has 0 aromatic heterocycles. The number of para-hydroxylation sites is 1. The van der Waals surface area contributed by atoms with Crippen molar-refractivity contribution in [2.24, 2.45) is 0 Å². The van der Waals surface area contributed by atoms with E-state index in [0.29, 0.717) is 0 Å². The number of ether oxygens (including phenoxy) is 1. The lowest BCUT2D eigenvalue weighted by molar-refractivity contribution is 0.234. The lowest BCUT2D eigenvalue weighted by atomic mass is 10.1. The van der Waals surface area contributed by atoms with Gasteiger partial charge in [-0.2, -0.15) is 0 Å². The van der Waals surface area contributed by atoms with Crippen LogP contribution in [0.3, 0.4) is 0 Å². The minimum absolute atomic E-state index is 0.0786. The summed E-state index contributed by atoms with van der Waals surface area (Å²) < 4.78 is 5.71. The molecule has 0 atom stereocenters. The number of rotatable bonds is 5. The van der Waals surface area contributed by atoms with Crippen LogP contribution in [0.1, 0.15) is 13.8 Å². The number of anilines is 1. The maximum absolute atomic E-state index is 9.22. The molecule has 2 rings (SSSR count). The van der Waals surface area contributed by atoms with Crippen LogP contribution in [0.25, 0.3) is 0 Å². The second-order valence-corrected chi connectivity index (χ2v) is 5.11. The molecular formula is C16H19NO2. The lowest BCUT2D eigenvalue weighted by Gasteiger charge is -2.24. The van der Waals surface area contributed by atoms with Crippen LogP contribution in [0.2, 0.25) is 0 Å². The molecule has 0 saturated carbocycles. The van der Waals surface area contributed by atoms with Crippen molar-refractivity contribution in [1.29, 1.82) is 0 Å². The van der Waals surface area contributed by atoms with E-state index in [9.17, 15) is 5.11 Å². The Bertz CT molecular complexity index is 506. The minimum Gasteiger partial charge on any atom is -0.457 e. The van der Waals surface area contributed by atoms with Crippen LogP contribution in [0.5, 0.6) is 11.5 Å². The first-order chi connectivity index (χ1) is 9.09. The van der Waals surface area contributed by atoms with Gasteiger partial charge in [-0.3, -0.25) is 0 Å². The molecule has 19 heavy (non-hydrogen) atoms. The third kappa shape index (κ3) is 4.00. The molecule has 100 valence electrons. The summed E-state index contributed by atoms with van der Waals surface area (Å²) in [6.45, 7) is 3.97. The van der Waals surface area contributed by atoms with Crippen LogP contribution in [0.4, 0.5) is 5.69 Å². The van der Waals surface area contributed by atoms with E-state index in [4.69, 9.17) is 4.74 Å². The molecule has 3 nitrogen and oxygen atoms in total. The van der Waals surface area contributed by atoms with E-state index in [2.05, 4.69) is 5.32 Å². The summed E-state index contributed by atoms with van der Waals surface area (Å²) in [5.74, 6) is 1.61. The smallest absolute Gasteiger partial charge is 0.127 e. The van der Waals surface area contributed by atoms with Crippen LogP contribution in [0, 0.1) is 0 Å². The molecule has 0 heterocycles. The van der Waals surface area contributed by atoms with Crippen molar-refractivity contribution in [1.82, 2.24) is 0 Å². The molecule has 3 heteroatoms. The third-order valence-electron chi connectivity index (χ3n) is 2.71. The topological polar surface area (TPSA) is 41.5 Å². The van der Waals surface area contributed by atoms with Crippen molar-refractivity contribution in [3.63, 3.8) is 0 Å². The molecule has 0 amide bonds. The molecule has 0 spiro atoms. The Labute approximate surface area is 113 Å². The first-order valence-electron chi connectivity index (χ1n) is 6.31. The van der Waals surface area contributed by atoms with Gasteiger partial charge in [0.1, 0.15) is 11.5 Å². The number of hydrogen-bond acceptors (Lipinski definition) is 3. The van der Waals surface area contributed by atoms with Crippen molar-refractivity contribution in [3.8, 4) is 11.5 Å². The average Bonchev–Trinajstić information content (AvgIpc) is 2.42. The molecule has 0 unspecified atom stereocenters. The third-order valence-corrected chi connectivity index (χ3v) is 2.71. The summed E-state index contributed by atoms with van der Waals surface area (Å²) >= 11 is 0. The highest BCUT2D eigenvalue weighted by Crippen LogP contribution is 2.23. The highest BCUT2D eigenvalue weighted by atomic mass is 16.5. The number of aliphatic hydroxyl groups excluding tert-OH is 1. The highest BCUT2D eigenvalue weighted by Gasteiger charge is 2.15. The van der Waals surface area contributed by atoms with E-state index in [1.54, 1.807) is 0 Å². The molecule has 0 radical (unpaired) electrons. The number of nitrogens with one attached hydrogen (secondary N) is 1. The van der Waals surface area contributed by atoms with Gasteiger partial charge in [-0.1, -0.05) is 18.2 Å². The largest absolute Gasteiger partial charge is 0.457 e. The zero-order valence-electron chi connectivity index (χ0n) is 11.3. The van der Waals surface area contributed by atoms with Crippen LogP contribution < -0.4 is 10.1 Å². The van der Waals surface area contributed by atoms with E-state index >= 15 is 0 Å². The molecule has 0 fully saturated rings. The molecule has 2 N–H and O–H groups in total.